The molecule has 3 fully saturated rings. The molecule has 3 aliphatic heterocycles. The summed E-state index contributed by atoms with van der Waals surface area (Å²) < 4.78 is 0. The number of fused-ring (bicyclic) bond motifs is 2. The van der Waals surface area contributed by atoms with Gasteiger partial charge in [0.1, 0.15) is 0 Å². The number of rotatable bonds is 3. The summed E-state index contributed by atoms with van der Waals surface area (Å²) in [6.07, 6.45) is 5.46. The molecular weight excluding hydrogens is 350 g/mol. The zero-order valence-corrected chi connectivity index (χ0v) is 15.8. The van der Waals surface area contributed by atoms with Gasteiger partial charge in [0.05, 0.1) is 0 Å². The Morgan fingerprint density at radius 2 is 1.69 bits per heavy atom. The van der Waals surface area contributed by atoms with E-state index >= 15 is 0 Å². The van der Waals surface area contributed by atoms with Gasteiger partial charge in [-0.3, -0.25) is 9.59 Å². The van der Waals surface area contributed by atoms with Gasteiger partial charge in [-0.05, 0) is 49.8 Å². The molecule has 0 aromatic heterocycles. The van der Waals surface area contributed by atoms with Crippen LogP contribution in [-0.2, 0) is 4.79 Å². The second-order valence-corrected chi connectivity index (χ2v) is 8.30. The van der Waals surface area contributed by atoms with Gasteiger partial charge < -0.3 is 15.1 Å². The van der Waals surface area contributed by atoms with Crippen molar-refractivity contribution in [3.8, 4) is 0 Å². The number of carbonyl (C=O) groups is 2. The van der Waals surface area contributed by atoms with E-state index in [0.29, 0.717) is 61.2 Å². The lowest BCUT2D eigenvalue weighted by atomic mass is 9.89. The molecule has 3 aliphatic rings. The maximum absolute atomic E-state index is 12.7. The number of nitrogens with one attached hydrogen (secondary N) is 1. The van der Waals surface area contributed by atoms with Crippen LogP contribution in [-0.4, -0.2) is 59.9 Å². The van der Waals surface area contributed by atoms with E-state index in [4.69, 9.17) is 11.6 Å². The summed E-state index contributed by atoms with van der Waals surface area (Å²) in [5.41, 5.74) is 0.613. The highest BCUT2D eigenvalue weighted by atomic mass is 35.5. The van der Waals surface area contributed by atoms with Crippen molar-refractivity contribution in [3.05, 3.63) is 34.9 Å². The molecule has 1 aromatic rings. The molecule has 2 atom stereocenters. The number of hydrogen-bond acceptors (Lipinski definition) is 3. The summed E-state index contributed by atoms with van der Waals surface area (Å²) in [5, 5.41) is 4.20. The van der Waals surface area contributed by atoms with Gasteiger partial charge in [0.15, 0.2) is 0 Å². The molecule has 0 aliphatic carbocycles. The van der Waals surface area contributed by atoms with E-state index in [0.717, 1.165) is 12.8 Å². The van der Waals surface area contributed by atoms with Crippen molar-refractivity contribution in [3.63, 3.8) is 0 Å². The van der Waals surface area contributed by atoms with E-state index in [9.17, 15) is 9.59 Å². The number of piperazine rings is 1. The first-order chi connectivity index (χ1) is 12.6. The third kappa shape index (κ3) is 3.89. The fourth-order valence-electron chi connectivity index (χ4n) is 4.68. The van der Waals surface area contributed by atoms with E-state index in [1.165, 1.54) is 12.8 Å². The number of nitrogens with zero attached hydrogens (tertiary/aromatic N) is 2. The van der Waals surface area contributed by atoms with Crippen LogP contribution in [0, 0.1) is 5.92 Å². The van der Waals surface area contributed by atoms with E-state index in [-0.39, 0.29) is 11.8 Å². The smallest absolute Gasteiger partial charge is 0.254 e. The third-order valence-electron chi connectivity index (χ3n) is 6.03. The lowest BCUT2D eigenvalue weighted by Gasteiger charge is -2.36. The maximum Gasteiger partial charge on any atom is 0.254 e. The van der Waals surface area contributed by atoms with Crippen molar-refractivity contribution in [1.82, 2.24) is 15.1 Å². The Morgan fingerprint density at radius 1 is 1.04 bits per heavy atom. The second kappa shape index (κ2) is 7.57. The van der Waals surface area contributed by atoms with Gasteiger partial charge in [-0.25, -0.2) is 0 Å². The van der Waals surface area contributed by atoms with E-state index in [1.807, 2.05) is 9.80 Å². The van der Waals surface area contributed by atoms with Crippen molar-refractivity contribution in [1.29, 1.82) is 0 Å². The molecule has 2 amide bonds. The van der Waals surface area contributed by atoms with Crippen molar-refractivity contribution < 1.29 is 9.59 Å². The average Bonchev–Trinajstić information content (AvgIpc) is 2.99. The van der Waals surface area contributed by atoms with Gasteiger partial charge in [0.25, 0.3) is 5.91 Å². The highest BCUT2D eigenvalue weighted by Crippen LogP contribution is 2.33. The van der Waals surface area contributed by atoms with E-state index in [2.05, 4.69) is 5.32 Å². The lowest BCUT2D eigenvalue weighted by molar-refractivity contribution is -0.134. The molecule has 3 heterocycles. The number of carbonyl (C=O) groups excluding carboxylic acids is 2. The summed E-state index contributed by atoms with van der Waals surface area (Å²) >= 11 is 5.98. The summed E-state index contributed by atoms with van der Waals surface area (Å²) in [6, 6.07) is 8.30. The predicted molar refractivity (Wildman–Crippen MR) is 101 cm³/mol. The van der Waals surface area contributed by atoms with E-state index in [1.54, 1.807) is 24.3 Å². The van der Waals surface area contributed by atoms with Crippen LogP contribution in [0.5, 0.6) is 0 Å². The normalized spacial score (nSPS) is 28.3. The molecular formula is C20H26ClN3O2. The van der Waals surface area contributed by atoms with Gasteiger partial charge in [0, 0.05) is 55.3 Å². The number of piperidine rings is 1. The molecule has 3 saturated heterocycles. The minimum absolute atomic E-state index is 0.00507. The third-order valence-corrected chi connectivity index (χ3v) is 6.26. The minimum atomic E-state index is -0.00507. The van der Waals surface area contributed by atoms with Gasteiger partial charge in [-0.1, -0.05) is 17.7 Å². The highest BCUT2D eigenvalue weighted by Gasteiger charge is 2.35. The van der Waals surface area contributed by atoms with E-state index < -0.39 is 0 Å². The minimum Gasteiger partial charge on any atom is -0.339 e. The molecule has 0 radical (unpaired) electrons. The van der Waals surface area contributed by atoms with Crippen LogP contribution in [0.1, 0.15) is 42.5 Å². The van der Waals surface area contributed by atoms with Crippen LogP contribution >= 0.6 is 11.6 Å². The molecule has 0 spiro atoms. The number of halogens is 1. The quantitative estimate of drug-likeness (QED) is 0.883. The topological polar surface area (TPSA) is 52.7 Å². The van der Waals surface area contributed by atoms with Crippen molar-refractivity contribution in [2.24, 2.45) is 5.92 Å². The Hall–Kier alpha value is -1.59. The first-order valence-corrected chi connectivity index (χ1v) is 10.0. The molecule has 26 heavy (non-hydrogen) atoms. The monoisotopic (exact) mass is 375 g/mol. The standard InChI is InChI=1S/C20H26ClN3O2/c21-16-3-1-2-15(13-16)20(26)24-8-6-23(7-9-24)19(25)12-14-10-17-4-5-18(11-14)22-17/h1-3,13-14,17-18,22H,4-12H2. The number of benzene rings is 1. The summed E-state index contributed by atoms with van der Waals surface area (Å²) in [4.78, 5) is 29.0. The highest BCUT2D eigenvalue weighted by molar-refractivity contribution is 6.30. The van der Waals surface area contributed by atoms with Crippen LogP contribution < -0.4 is 5.32 Å². The van der Waals surface area contributed by atoms with Crippen LogP contribution in [0.2, 0.25) is 5.02 Å². The second-order valence-electron chi connectivity index (χ2n) is 7.86. The van der Waals surface area contributed by atoms with Crippen LogP contribution in [0.3, 0.4) is 0 Å². The predicted octanol–water partition coefficient (Wildman–Crippen LogP) is 2.55. The molecule has 1 aromatic carbocycles. The number of hydrogen-bond donors (Lipinski definition) is 1. The fraction of sp³-hybridized carbons (Fsp3) is 0.600. The number of amides is 2. The summed E-state index contributed by atoms with van der Waals surface area (Å²) in [5.74, 6) is 0.771. The zero-order chi connectivity index (χ0) is 18.1. The lowest BCUT2D eigenvalue weighted by Crippen LogP contribution is -2.51. The molecule has 140 valence electrons. The molecule has 2 unspecified atom stereocenters. The van der Waals surface area contributed by atoms with Crippen molar-refractivity contribution in [2.75, 3.05) is 26.2 Å². The summed E-state index contributed by atoms with van der Waals surface area (Å²) in [6.45, 7) is 2.44. The molecule has 6 heteroatoms. The molecule has 0 saturated carbocycles. The summed E-state index contributed by atoms with van der Waals surface area (Å²) in [7, 11) is 0. The maximum atomic E-state index is 12.7. The SMILES string of the molecule is O=C(CC1CC2CCC(C1)N2)N1CCN(C(=O)c2cccc(Cl)c2)CC1. The van der Waals surface area contributed by atoms with Gasteiger partial charge in [0.2, 0.25) is 5.91 Å². The van der Waals surface area contributed by atoms with Gasteiger partial charge in [-0.15, -0.1) is 0 Å². The van der Waals surface area contributed by atoms with Crippen LogP contribution in [0.15, 0.2) is 24.3 Å². The zero-order valence-electron chi connectivity index (χ0n) is 15.0. The Kier molecular flexibility index (Phi) is 5.18. The van der Waals surface area contributed by atoms with Gasteiger partial charge in [-0.2, -0.15) is 0 Å². The Morgan fingerprint density at radius 3 is 2.35 bits per heavy atom. The molecule has 2 bridgehead atoms. The largest absolute Gasteiger partial charge is 0.339 e. The first-order valence-electron chi connectivity index (χ1n) is 9.67. The molecule has 1 N–H and O–H groups in total. The van der Waals surface area contributed by atoms with Gasteiger partial charge >= 0.3 is 0 Å². The van der Waals surface area contributed by atoms with Crippen LogP contribution in [0.4, 0.5) is 0 Å². The van der Waals surface area contributed by atoms with Crippen LogP contribution in [0.25, 0.3) is 0 Å². The Balaban J connectivity index is 1.28. The van der Waals surface area contributed by atoms with Crippen molar-refractivity contribution >= 4 is 23.4 Å². The fourth-order valence-corrected chi connectivity index (χ4v) is 4.87. The van der Waals surface area contributed by atoms with Crippen molar-refractivity contribution in [2.45, 2.75) is 44.2 Å². The Bertz CT molecular complexity index is 675. The average molecular weight is 376 g/mol. The Labute approximate surface area is 159 Å². The molecule has 5 nitrogen and oxygen atoms in total. The molecule has 4 rings (SSSR count). The first kappa shape index (κ1) is 17.8.